The molecule has 21 heavy (non-hydrogen) atoms. The zero-order valence-corrected chi connectivity index (χ0v) is 12.6. The van der Waals surface area contributed by atoms with Gasteiger partial charge in [-0.25, -0.2) is 0 Å². The molecule has 0 saturated heterocycles. The first-order valence-corrected chi connectivity index (χ1v) is 6.66. The predicted octanol–water partition coefficient (Wildman–Crippen LogP) is 1.89. The van der Waals surface area contributed by atoms with Crippen molar-refractivity contribution in [1.82, 2.24) is 10.6 Å². The zero-order valence-electron chi connectivity index (χ0n) is 11.8. The van der Waals surface area contributed by atoms with Crippen molar-refractivity contribution in [2.75, 3.05) is 0 Å². The summed E-state index contributed by atoms with van der Waals surface area (Å²) >= 11 is 5.74. The summed E-state index contributed by atoms with van der Waals surface area (Å²) < 4.78 is 0. The molecule has 0 aliphatic carbocycles. The number of rotatable bonds is 5. The number of para-hydroxylation sites is 1. The molecule has 1 rings (SSSR count). The molecule has 2 N–H and O–H groups in total. The summed E-state index contributed by atoms with van der Waals surface area (Å²) in [5.41, 5.74) is -0.662. The number of hydrogen-bond acceptors (Lipinski definition) is 4. The molecular formula is C13H16ClN3O4. The Labute approximate surface area is 126 Å². The monoisotopic (exact) mass is 313 g/mol. The third-order valence-electron chi connectivity index (χ3n) is 2.59. The molecule has 0 bridgehead atoms. The summed E-state index contributed by atoms with van der Waals surface area (Å²) in [6.45, 7) is 5.06. The average Bonchev–Trinajstić information content (AvgIpc) is 2.36. The first kappa shape index (κ1) is 16.9. The molecule has 8 heteroatoms. The van der Waals surface area contributed by atoms with Crippen molar-refractivity contribution < 1.29 is 14.5 Å². The lowest BCUT2D eigenvalue weighted by Crippen LogP contribution is -2.46. The Morgan fingerprint density at radius 1 is 1.24 bits per heavy atom. The summed E-state index contributed by atoms with van der Waals surface area (Å²) in [5, 5.41) is 15.9. The highest BCUT2D eigenvalue weighted by Gasteiger charge is 2.25. The largest absolute Gasteiger partial charge is 0.352 e. The molecule has 1 aromatic carbocycles. The fourth-order valence-corrected chi connectivity index (χ4v) is 1.88. The van der Waals surface area contributed by atoms with Crippen LogP contribution < -0.4 is 10.6 Å². The van der Waals surface area contributed by atoms with Crippen LogP contribution in [-0.2, 0) is 4.79 Å². The van der Waals surface area contributed by atoms with Crippen molar-refractivity contribution in [3.05, 3.63) is 38.9 Å². The number of nitrogens with one attached hydrogen (secondary N) is 2. The van der Waals surface area contributed by atoms with Crippen molar-refractivity contribution in [2.24, 2.45) is 0 Å². The molecule has 1 unspecified atom stereocenters. The van der Waals surface area contributed by atoms with Crippen LogP contribution in [0.3, 0.4) is 0 Å². The van der Waals surface area contributed by atoms with Crippen molar-refractivity contribution >= 4 is 29.1 Å². The summed E-state index contributed by atoms with van der Waals surface area (Å²) in [4.78, 5) is 34.0. The van der Waals surface area contributed by atoms with Gasteiger partial charge in [-0.2, -0.15) is 0 Å². The van der Waals surface area contributed by atoms with Crippen molar-refractivity contribution in [1.29, 1.82) is 0 Å². The van der Waals surface area contributed by atoms with Crippen LogP contribution in [0.2, 0.25) is 5.02 Å². The third-order valence-corrected chi connectivity index (χ3v) is 2.89. The van der Waals surface area contributed by atoms with Gasteiger partial charge in [0, 0.05) is 6.04 Å². The fraction of sp³-hybridized carbons (Fsp3) is 0.385. The maximum Gasteiger partial charge on any atom is 0.300 e. The van der Waals surface area contributed by atoms with Gasteiger partial charge in [0.05, 0.1) is 4.92 Å². The smallest absolute Gasteiger partial charge is 0.300 e. The maximum atomic E-state index is 12.1. The van der Waals surface area contributed by atoms with E-state index in [1.54, 1.807) is 13.8 Å². The summed E-state index contributed by atoms with van der Waals surface area (Å²) in [6.07, 6.45) is 0. The van der Waals surface area contributed by atoms with Crippen LogP contribution in [0.4, 0.5) is 5.69 Å². The number of carbonyl (C=O) groups excluding carboxylic acids is 2. The Hall–Kier alpha value is -2.15. The first-order chi connectivity index (χ1) is 9.73. The topological polar surface area (TPSA) is 101 Å². The van der Waals surface area contributed by atoms with E-state index in [1.165, 1.54) is 25.1 Å². The minimum absolute atomic E-state index is 0.0719. The van der Waals surface area contributed by atoms with E-state index in [1.807, 2.05) is 0 Å². The second-order valence-electron chi connectivity index (χ2n) is 4.75. The molecule has 2 amide bonds. The number of halogens is 1. The normalized spacial score (nSPS) is 11.9. The number of benzene rings is 1. The highest BCUT2D eigenvalue weighted by atomic mass is 35.5. The summed E-state index contributed by atoms with van der Waals surface area (Å²) in [6, 6.07) is 3.15. The summed E-state index contributed by atoms with van der Waals surface area (Å²) in [5.74, 6) is -1.10. The molecule has 114 valence electrons. The molecule has 0 saturated carbocycles. The van der Waals surface area contributed by atoms with Crippen molar-refractivity contribution in [3.8, 4) is 0 Å². The van der Waals surface area contributed by atoms with E-state index in [0.29, 0.717) is 0 Å². The molecule has 0 heterocycles. The Morgan fingerprint density at radius 2 is 1.86 bits per heavy atom. The average molecular weight is 314 g/mol. The first-order valence-electron chi connectivity index (χ1n) is 6.28. The molecule has 1 aromatic rings. The molecule has 0 spiro atoms. The Bertz CT molecular complexity index is 575. The van der Waals surface area contributed by atoms with Crippen LogP contribution in [0.5, 0.6) is 0 Å². The number of amides is 2. The van der Waals surface area contributed by atoms with Gasteiger partial charge < -0.3 is 10.6 Å². The standard InChI is InChI=1S/C13H16ClN3O4/c1-7(2)15-12(18)8(3)16-13(19)9-5-4-6-10(14)11(9)17(20)21/h4-8H,1-3H3,(H,15,18)(H,16,19). The highest BCUT2D eigenvalue weighted by Crippen LogP contribution is 2.28. The van der Waals surface area contributed by atoms with E-state index in [4.69, 9.17) is 11.6 Å². The van der Waals surface area contributed by atoms with Crippen molar-refractivity contribution in [3.63, 3.8) is 0 Å². The second kappa shape index (κ2) is 7.03. The van der Waals surface area contributed by atoms with Gasteiger partial charge in [-0.05, 0) is 32.9 Å². The Morgan fingerprint density at radius 3 is 2.38 bits per heavy atom. The molecule has 0 aliphatic heterocycles. The molecule has 0 aromatic heterocycles. The maximum absolute atomic E-state index is 12.1. The second-order valence-corrected chi connectivity index (χ2v) is 5.16. The predicted molar refractivity (Wildman–Crippen MR) is 78.3 cm³/mol. The van der Waals surface area contributed by atoms with Crippen molar-refractivity contribution in [2.45, 2.75) is 32.9 Å². The van der Waals surface area contributed by atoms with E-state index in [2.05, 4.69) is 10.6 Å². The quantitative estimate of drug-likeness (QED) is 0.640. The lowest BCUT2D eigenvalue weighted by molar-refractivity contribution is -0.385. The minimum Gasteiger partial charge on any atom is -0.352 e. The van der Waals surface area contributed by atoms with Gasteiger partial charge in [-0.1, -0.05) is 17.7 Å². The number of nitrogens with zero attached hydrogens (tertiary/aromatic N) is 1. The zero-order chi connectivity index (χ0) is 16.2. The number of carbonyl (C=O) groups is 2. The molecule has 1 atom stereocenters. The van der Waals surface area contributed by atoms with E-state index < -0.39 is 22.6 Å². The van der Waals surface area contributed by atoms with E-state index in [0.717, 1.165) is 0 Å². The lowest BCUT2D eigenvalue weighted by atomic mass is 10.1. The molecule has 0 aliphatic rings. The lowest BCUT2D eigenvalue weighted by Gasteiger charge is -2.16. The van der Waals surface area contributed by atoms with E-state index >= 15 is 0 Å². The van der Waals surface area contributed by atoms with Gasteiger partial charge in [-0.15, -0.1) is 0 Å². The van der Waals surface area contributed by atoms with Gasteiger partial charge in [0.25, 0.3) is 5.91 Å². The van der Waals surface area contributed by atoms with E-state index in [-0.39, 0.29) is 22.5 Å². The number of hydrogen-bond donors (Lipinski definition) is 2. The van der Waals surface area contributed by atoms with Crippen LogP contribution in [0, 0.1) is 10.1 Å². The van der Waals surface area contributed by atoms with Gasteiger partial charge >= 0.3 is 5.69 Å². The molecule has 0 radical (unpaired) electrons. The van der Waals surface area contributed by atoms with Crippen LogP contribution in [0.25, 0.3) is 0 Å². The molecule has 7 nitrogen and oxygen atoms in total. The number of nitro benzene ring substituents is 1. The highest BCUT2D eigenvalue weighted by molar-refractivity contribution is 6.33. The molecule has 0 fully saturated rings. The summed E-state index contributed by atoms with van der Waals surface area (Å²) in [7, 11) is 0. The fourth-order valence-electron chi connectivity index (χ4n) is 1.63. The number of nitro groups is 1. The molecular weight excluding hydrogens is 298 g/mol. The third kappa shape index (κ3) is 4.42. The Balaban J connectivity index is 2.93. The van der Waals surface area contributed by atoms with Crippen LogP contribution in [0.15, 0.2) is 18.2 Å². The van der Waals surface area contributed by atoms with Crippen LogP contribution in [-0.4, -0.2) is 28.8 Å². The van der Waals surface area contributed by atoms with Gasteiger partial charge in [0.2, 0.25) is 5.91 Å². The van der Waals surface area contributed by atoms with Gasteiger partial charge in [-0.3, -0.25) is 19.7 Å². The minimum atomic E-state index is -0.821. The van der Waals surface area contributed by atoms with Crippen LogP contribution in [0.1, 0.15) is 31.1 Å². The van der Waals surface area contributed by atoms with E-state index in [9.17, 15) is 19.7 Å². The van der Waals surface area contributed by atoms with Crippen LogP contribution >= 0.6 is 11.6 Å². The van der Waals surface area contributed by atoms with Gasteiger partial charge in [0.15, 0.2) is 0 Å². The Kier molecular flexibility index (Phi) is 5.66. The SMILES string of the molecule is CC(C)NC(=O)C(C)NC(=O)c1cccc(Cl)c1[N+](=O)[O-]. The van der Waals surface area contributed by atoms with Gasteiger partial charge in [0.1, 0.15) is 16.6 Å².